The first kappa shape index (κ1) is 15.1. The summed E-state index contributed by atoms with van der Waals surface area (Å²) in [6.45, 7) is 1.50. The van der Waals surface area contributed by atoms with Gasteiger partial charge in [-0.15, -0.1) is 11.6 Å². The molecule has 0 amide bonds. The zero-order valence-corrected chi connectivity index (χ0v) is 11.6. The lowest BCUT2D eigenvalue weighted by molar-refractivity contribution is 0.0148. The number of alkyl halides is 3. The Labute approximate surface area is 119 Å². The van der Waals surface area contributed by atoms with Gasteiger partial charge in [-0.1, -0.05) is 0 Å². The molecule has 0 N–H and O–H groups in total. The van der Waals surface area contributed by atoms with E-state index in [1.165, 1.54) is 12.1 Å². The number of fused-ring (bicyclic) bond motifs is 1. The van der Waals surface area contributed by atoms with E-state index >= 15 is 0 Å². The lowest BCUT2D eigenvalue weighted by atomic mass is 10.3. The van der Waals surface area contributed by atoms with Crippen molar-refractivity contribution in [1.82, 2.24) is 9.55 Å². The molecule has 0 aliphatic carbocycles. The molecule has 0 spiro atoms. The average molecular weight is 307 g/mol. The Morgan fingerprint density at radius 3 is 2.80 bits per heavy atom. The molecule has 1 heterocycles. The summed E-state index contributed by atoms with van der Waals surface area (Å²) in [5.41, 5.74) is 1.19. The van der Waals surface area contributed by atoms with Crippen LogP contribution in [0.25, 0.3) is 11.0 Å². The topological polar surface area (TPSA) is 27.1 Å². The molecule has 2 aromatic rings. The Bertz CT molecular complexity index is 586. The van der Waals surface area contributed by atoms with E-state index in [2.05, 4.69) is 4.98 Å². The summed E-state index contributed by atoms with van der Waals surface area (Å²) >= 11 is 6.04. The molecule has 110 valence electrons. The monoisotopic (exact) mass is 306 g/mol. The molecule has 0 bridgehead atoms. The fourth-order valence-electron chi connectivity index (χ4n) is 1.98. The highest BCUT2D eigenvalue weighted by atomic mass is 35.5. The van der Waals surface area contributed by atoms with Gasteiger partial charge in [0.15, 0.2) is 0 Å². The Balaban J connectivity index is 2.24. The Hall–Kier alpha value is -1.27. The molecule has 0 saturated heterocycles. The van der Waals surface area contributed by atoms with Gasteiger partial charge in [-0.25, -0.2) is 18.2 Å². The number of imidazole rings is 1. The van der Waals surface area contributed by atoms with E-state index in [0.29, 0.717) is 23.4 Å². The fourth-order valence-corrected chi connectivity index (χ4v) is 2.15. The molecule has 0 aliphatic rings. The van der Waals surface area contributed by atoms with Gasteiger partial charge in [-0.2, -0.15) is 0 Å². The summed E-state index contributed by atoms with van der Waals surface area (Å²) in [6.07, 6.45) is -2.50. The Kier molecular flexibility index (Phi) is 4.88. The molecule has 1 aromatic carbocycles. The smallest absolute Gasteiger partial charge is 0.261 e. The van der Waals surface area contributed by atoms with Crippen LogP contribution in [0.1, 0.15) is 18.1 Å². The molecule has 1 atom stereocenters. The summed E-state index contributed by atoms with van der Waals surface area (Å²) in [5, 5.41) is -0.374. The molecule has 0 aliphatic heterocycles. The van der Waals surface area contributed by atoms with Crippen molar-refractivity contribution in [3.05, 3.63) is 29.8 Å². The Morgan fingerprint density at radius 2 is 2.15 bits per heavy atom. The summed E-state index contributed by atoms with van der Waals surface area (Å²) < 4.78 is 43.9. The molecule has 0 saturated carbocycles. The van der Waals surface area contributed by atoms with Crippen molar-refractivity contribution >= 4 is 22.6 Å². The van der Waals surface area contributed by atoms with Crippen LogP contribution in [0.4, 0.5) is 13.2 Å². The lowest BCUT2D eigenvalue weighted by Gasteiger charge is -2.11. The third kappa shape index (κ3) is 3.43. The maximum Gasteiger partial charge on any atom is 0.261 e. The van der Waals surface area contributed by atoms with Gasteiger partial charge in [0.1, 0.15) is 18.2 Å². The number of hydrogen-bond acceptors (Lipinski definition) is 2. The first-order chi connectivity index (χ1) is 9.49. The highest BCUT2D eigenvalue weighted by molar-refractivity contribution is 6.20. The third-order valence-electron chi connectivity index (χ3n) is 2.80. The number of benzene rings is 1. The minimum absolute atomic E-state index is 0.0862. The van der Waals surface area contributed by atoms with Crippen LogP contribution in [-0.4, -0.2) is 29.2 Å². The maximum atomic E-state index is 13.3. The van der Waals surface area contributed by atoms with Crippen LogP contribution in [0.2, 0.25) is 0 Å². The van der Waals surface area contributed by atoms with Gasteiger partial charge < -0.3 is 9.30 Å². The SMILES string of the molecule is CC(Cl)c1nc2ccc(F)cc2n1CCOCC(F)F. The molecule has 1 aromatic heterocycles. The second-order valence-electron chi connectivity index (χ2n) is 4.34. The van der Waals surface area contributed by atoms with Crippen molar-refractivity contribution < 1.29 is 17.9 Å². The number of rotatable bonds is 6. The third-order valence-corrected chi connectivity index (χ3v) is 2.99. The van der Waals surface area contributed by atoms with Crippen molar-refractivity contribution in [2.24, 2.45) is 0 Å². The quantitative estimate of drug-likeness (QED) is 0.600. The highest BCUT2D eigenvalue weighted by Gasteiger charge is 2.15. The maximum absolute atomic E-state index is 13.3. The van der Waals surface area contributed by atoms with Gasteiger partial charge in [0.2, 0.25) is 0 Å². The number of nitrogens with zero attached hydrogens (tertiary/aromatic N) is 2. The molecular weight excluding hydrogens is 293 g/mol. The number of ether oxygens (including phenoxy) is 1. The standard InChI is InChI=1S/C13H14ClF3N2O/c1-8(14)13-18-10-3-2-9(15)6-11(10)19(13)4-5-20-7-12(16)17/h2-3,6,8,12H,4-5,7H2,1H3. The molecular formula is C13H14ClF3N2O. The van der Waals surface area contributed by atoms with E-state index in [0.717, 1.165) is 0 Å². The molecule has 1 unspecified atom stereocenters. The van der Waals surface area contributed by atoms with Crippen LogP contribution in [0, 0.1) is 5.82 Å². The van der Waals surface area contributed by atoms with Crippen LogP contribution < -0.4 is 0 Å². The minimum Gasteiger partial charge on any atom is -0.374 e. The molecule has 7 heteroatoms. The van der Waals surface area contributed by atoms with E-state index < -0.39 is 13.0 Å². The van der Waals surface area contributed by atoms with Crippen LogP contribution in [0.15, 0.2) is 18.2 Å². The number of hydrogen-bond donors (Lipinski definition) is 0. The van der Waals surface area contributed by atoms with Crippen molar-refractivity contribution in [2.75, 3.05) is 13.2 Å². The zero-order chi connectivity index (χ0) is 14.7. The van der Waals surface area contributed by atoms with Crippen LogP contribution in [0.3, 0.4) is 0 Å². The van der Waals surface area contributed by atoms with Gasteiger partial charge in [0, 0.05) is 6.54 Å². The highest BCUT2D eigenvalue weighted by Crippen LogP contribution is 2.25. The van der Waals surface area contributed by atoms with E-state index in [4.69, 9.17) is 16.3 Å². The second kappa shape index (κ2) is 6.45. The van der Waals surface area contributed by atoms with Crippen LogP contribution in [-0.2, 0) is 11.3 Å². The van der Waals surface area contributed by atoms with Gasteiger partial charge in [-0.05, 0) is 25.1 Å². The van der Waals surface area contributed by atoms with Crippen LogP contribution in [0.5, 0.6) is 0 Å². The Morgan fingerprint density at radius 1 is 1.40 bits per heavy atom. The fraction of sp³-hybridized carbons (Fsp3) is 0.462. The van der Waals surface area contributed by atoms with E-state index in [9.17, 15) is 13.2 Å². The van der Waals surface area contributed by atoms with E-state index in [1.807, 2.05) is 0 Å². The summed E-state index contributed by atoms with van der Waals surface area (Å²) in [7, 11) is 0. The summed E-state index contributed by atoms with van der Waals surface area (Å²) in [6, 6.07) is 4.22. The first-order valence-electron chi connectivity index (χ1n) is 6.14. The number of aromatic nitrogens is 2. The van der Waals surface area contributed by atoms with Crippen molar-refractivity contribution in [2.45, 2.75) is 25.3 Å². The lowest BCUT2D eigenvalue weighted by Crippen LogP contribution is -2.13. The van der Waals surface area contributed by atoms with Crippen molar-refractivity contribution in [1.29, 1.82) is 0 Å². The predicted molar refractivity (Wildman–Crippen MR) is 70.8 cm³/mol. The predicted octanol–water partition coefficient (Wildman–Crippen LogP) is 3.76. The largest absolute Gasteiger partial charge is 0.374 e. The summed E-state index contributed by atoms with van der Waals surface area (Å²) in [4.78, 5) is 4.33. The van der Waals surface area contributed by atoms with Crippen molar-refractivity contribution in [3.63, 3.8) is 0 Å². The second-order valence-corrected chi connectivity index (χ2v) is 4.99. The molecule has 0 fully saturated rings. The normalized spacial score (nSPS) is 13.3. The van der Waals surface area contributed by atoms with E-state index in [1.54, 1.807) is 17.6 Å². The average Bonchev–Trinajstić information content (AvgIpc) is 2.73. The molecule has 20 heavy (non-hydrogen) atoms. The molecule has 2 rings (SSSR count). The van der Waals surface area contributed by atoms with E-state index in [-0.39, 0.29) is 17.8 Å². The van der Waals surface area contributed by atoms with Crippen LogP contribution >= 0.6 is 11.6 Å². The molecule has 0 radical (unpaired) electrons. The van der Waals surface area contributed by atoms with Gasteiger partial charge >= 0.3 is 0 Å². The van der Waals surface area contributed by atoms with Gasteiger partial charge in [-0.3, -0.25) is 0 Å². The zero-order valence-electron chi connectivity index (χ0n) is 10.8. The minimum atomic E-state index is -2.50. The first-order valence-corrected chi connectivity index (χ1v) is 6.58. The number of halogens is 4. The summed E-state index contributed by atoms with van der Waals surface area (Å²) in [5.74, 6) is 0.175. The van der Waals surface area contributed by atoms with Gasteiger partial charge in [0.05, 0.1) is 23.0 Å². The van der Waals surface area contributed by atoms with Gasteiger partial charge in [0.25, 0.3) is 6.43 Å². The molecule has 3 nitrogen and oxygen atoms in total. The van der Waals surface area contributed by atoms with Crippen molar-refractivity contribution in [3.8, 4) is 0 Å².